The number of nitrogens with zero attached hydrogens (tertiary/aromatic N) is 1. The molecule has 6 heteroatoms. The second kappa shape index (κ2) is 9.26. The molecule has 0 amide bonds. The number of hydrogen-bond donors (Lipinski definition) is 0. The van der Waals surface area contributed by atoms with Crippen LogP contribution >= 0.6 is 0 Å². The minimum absolute atomic E-state index is 0.0505. The summed E-state index contributed by atoms with van der Waals surface area (Å²) < 4.78 is 39.7. The van der Waals surface area contributed by atoms with Crippen LogP contribution < -0.4 is 4.74 Å². The zero-order valence-corrected chi connectivity index (χ0v) is 16.6. The van der Waals surface area contributed by atoms with Crippen LogP contribution in [0.4, 0.5) is 8.78 Å². The molecule has 0 aliphatic heterocycles. The predicted molar refractivity (Wildman–Crippen MR) is 106 cm³/mol. The zero-order chi connectivity index (χ0) is 20.8. The summed E-state index contributed by atoms with van der Waals surface area (Å²) in [5, 5.41) is 0.448. The van der Waals surface area contributed by atoms with E-state index >= 15 is 0 Å². The molecule has 0 N–H and O–H groups in total. The maximum absolute atomic E-state index is 14.8. The highest BCUT2D eigenvalue weighted by molar-refractivity contribution is 6.07. The lowest BCUT2D eigenvalue weighted by Gasteiger charge is -2.14. The summed E-state index contributed by atoms with van der Waals surface area (Å²) in [6, 6.07) is 7.58. The minimum atomic E-state index is -0.801. The van der Waals surface area contributed by atoms with E-state index in [2.05, 4.69) is 4.98 Å². The fourth-order valence-electron chi connectivity index (χ4n) is 2.89. The first-order chi connectivity index (χ1) is 13.5. The van der Waals surface area contributed by atoms with Crippen LogP contribution in [0.25, 0.3) is 22.0 Å². The molecule has 0 saturated carbocycles. The molecule has 1 heterocycles. The summed E-state index contributed by atoms with van der Waals surface area (Å²) in [6.07, 6.45) is 1.51. The minimum Gasteiger partial charge on any atom is -0.494 e. The Morgan fingerprint density at radius 1 is 1.14 bits per heavy atom. The molecule has 3 rings (SSSR count). The molecule has 4 nitrogen and oxygen atoms in total. The fraction of sp³-hybridized carbons (Fsp3) is 0.273. The highest BCUT2D eigenvalue weighted by Gasteiger charge is 2.23. The summed E-state index contributed by atoms with van der Waals surface area (Å²) in [5.41, 5.74) is 0.896. The van der Waals surface area contributed by atoms with Crippen molar-refractivity contribution in [3.05, 3.63) is 59.3 Å². The van der Waals surface area contributed by atoms with Gasteiger partial charge in [0.05, 0.1) is 30.4 Å². The van der Waals surface area contributed by atoms with Gasteiger partial charge in [-0.05, 0) is 43.2 Å². The Labute approximate surface area is 163 Å². The predicted octanol–water partition coefficient (Wildman–Crippen LogP) is 5.70. The van der Waals surface area contributed by atoms with Crippen LogP contribution in [-0.4, -0.2) is 24.7 Å². The van der Waals surface area contributed by atoms with Crippen molar-refractivity contribution >= 4 is 16.9 Å². The number of carbonyl (C=O) groups is 1. The van der Waals surface area contributed by atoms with Gasteiger partial charge in [-0.25, -0.2) is 13.6 Å². The molecular weight excluding hydrogens is 364 g/mol. The maximum atomic E-state index is 14.8. The first-order valence-electron chi connectivity index (χ1n) is 9.07. The fourth-order valence-corrected chi connectivity index (χ4v) is 2.89. The third kappa shape index (κ3) is 3.81. The summed E-state index contributed by atoms with van der Waals surface area (Å²) in [4.78, 5) is 16.4. The monoisotopic (exact) mass is 387 g/mol. The third-order valence-corrected chi connectivity index (χ3v) is 4.10. The normalized spacial score (nSPS) is 10.2. The average molecular weight is 387 g/mol. The summed E-state index contributed by atoms with van der Waals surface area (Å²) in [6.45, 7) is 7.45. The molecule has 0 saturated heterocycles. The number of fused-ring (bicyclic) bond motifs is 1. The molecule has 0 fully saturated rings. The van der Waals surface area contributed by atoms with Gasteiger partial charge in [0.25, 0.3) is 0 Å². The number of benzene rings is 2. The van der Waals surface area contributed by atoms with Gasteiger partial charge in [-0.1, -0.05) is 26.0 Å². The standard InChI is InChI=1S/C20H17F2NO3.C2H6/c1-4-26-20(24)14-8-7-12(13-6-5-9-23-19(13)14)16-17(21)11(2)10-15(25-3)18(16)22;1-2/h5-10H,4H2,1-3H3;1-2H3. The molecule has 28 heavy (non-hydrogen) atoms. The topological polar surface area (TPSA) is 48.4 Å². The Bertz CT molecular complexity index is 1000. The zero-order valence-electron chi connectivity index (χ0n) is 16.6. The summed E-state index contributed by atoms with van der Waals surface area (Å²) in [7, 11) is 1.32. The molecule has 0 aliphatic carbocycles. The van der Waals surface area contributed by atoms with Crippen molar-refractivity contribution in [2.75, 3.05) is 13.7 Å². The van der Waals surface area contributed by atoms with Crippen LogP contribution in [0.3, 0.4) is 0 Å². The van der Waals surface area contributed by atoms with Crippen LogP contribution in [-0.2, 0) is 4.74 Å². The van der Waals surface area contributed by atoms with E-state index < -0.39 is 17.6 Å². The number of carbonyl (C=O) groups excluding carboxylic acids is 1. The van der Waals surface area contributed by atoms with Crippen molar-refractivity contribution in [3.8, 4) is 16.9 Å². The molecule has 148 valence electrons. The second-order valence-corrected chi connectivity index (χ2v) is 5.68. The number of esters is 1. The van der Waals surface area contributed by atoms with E-state index in [9.17, 15) is 13.6 Å². The molecule has 0 bridgehead atoms. The van der Waals surface area contributed by atoms with E-state index in [0.29, 0.717) is 10.9 Å². The van der Waals surface area contributed by atoms with Crippen molar-refractivity contribution < 1.29 is 23.0 Å². The number of aryl methyl sites for hydroxylation is 1. The van der Waals surface area contributed by atoms with E-state index in [1.165, 1.54) is 38.4 Å². The van der Waals surface area contributed by atoms with Gasteiger partial charge in [0.15, 0.2) is 11.6 Å². The number of pyridine rings is 1. The molecule has 2 aromatic carbocycles. The van der Waals surface area contributed by atoms with Crippen LogP contribution in [0.2, 0.25) is 0 Å². The van der Waals surface area contributed by atoms with Crippen LogP contribution in [0.1, 0.15) is 36.7 Å². The number of aromatic nitrogens is 1. The number of ether oxygens (including phenoxy) is 2. The van der Waals surface area contributed by atoms with E-state index in [4.69, 9.17) is 9.47 Å². The lowest BCUT2D eigenvalue weighted by molar-refractivity contribution is 0.0528. The van der Waals surface area contributed by atoms with Gasteiger partial charge in [-0.15, -0.1) is 0 Å². The second-order valence-electron chi connectivity index (χ2n) is 5.68. The van der Waals surface area contributed by atoms with Crippen molar-refractivity contribution in [1.29, 1.82) is 0 Å². The summed E-state index contributed by atoms with van der Waals surface area (Å²) in [5.74, 6) is -2.07. The van der Waals surface area contributed by atoms with Gasteiger partial charge in [0.2, 0.25) is 0 Å². The lowest BCUT2D eigenvalue weighted by atomic mass is 9.95. The molecule has 0 radical (unpaired) electrons. The first kappa shape index (κ1) is 21.3. The van der Waals surface area contributed by atoms with Crippen LogP contribution in [0.5, 0.6) is 5.75 Å². The van der Waals surface area contributed by atoms with Gasteiger partial charge in [0, 0.05) is 11.6 Å². The molecule has 1 aromatic heterocycles. The van der Waals surface area contributed by atoms with Crippen molar-refractivity contribution in [2.45, 2.75) is 27.7 Å². The SMILES string of the molecule is CC.CCOC(=O)c1ccc(-c2c(F)c(C)cc(OC)c2F)c2cccnc12. The largest absolute Gasteiger partial charge is 0.494 e. The van der Waals surface area contributed by atoms with E-state index in [1.54, 1.807) is 19.1 Å². The molecule has 0 unspecified atom stereocenters. The highest BCUT2D eigenvalue weighted by atomic mass is 19.1. The van der Waals surface area contributed by atoms with E-state index in [-0.39, 0.29) is 34.6 Å². The highest BCUT2D eigenvalue weighted by Crippen LogP contribution is 2.38. The lowest BCUT2D eigenvalue weighted by Crippen LogP contribution is -2.07. The number of rotatable bonds is 4. The molecule has 0 atom stereocenters. The Morgan fingerprint density at radius 3 is 2.50 bits per heavy atom. The van der Waals surface area contributed by atoms with Crippen LogP contribution in [0, 0.1) is 18.6 Å². The van der Waals surface area contributed by atoms with Crippen LogP contribution in [0.15, 0.2) is 36.5 Å². The van der Waals surface area contributed by atoms with Gasteiger partial charge >= 0.3 is 5.97 Å². The maximum Gasteiger partial charge on any atom is 0.340 e. The van der Waals surface area contributed by atoms with E-state index in [0.717, 1.165) is 0 Å². The quantitative estimate of drug-likeness (QED) is 0.539. The van der Waals surface area contributed by atoms with Crippen molar-refractivity contribution in [2.24, 2.45) is 0 Å². The van der Waals surface area contributed by atoms with Crippen molar-refractivity contribution in [3.63, 3.8) is 0 Å². The van der Waals surface area contributed by atoms with Gasteiger partial charge in [0.1, 0.15) is 5.82 Å². The first-order valence-corrected chi connectivity index (χ1v) is 9.07. The Hall–Kier alpha value is -3.02. The average Bonchev–Trinajstić information content (AvgIpc) is 2.72. The molecular formula is C22H23F2NO3. The van der Waals surface area contributed by atoms with E-state index in [1.807, 2.05) is 13.8 Å². The Balaban J connectivity index is 0.00000136. The number of hydrogen-bond acceptors (Lipinski definition) is 4. The van der Waals surface area contributed by atoms with Gasteiger partial charge < -0.3 is 9.47 Å². The number of methoxy groups -OCH3 is 1. The number of halogens is 2. The Kier molecular flexibility index (Phi) is 7.04. The summed E-state index contributed by atoms with van der Waals surface area (Å²) >= 11 is 0. The molecule has 3 aromatic rings. The molecule has 0 aliphatic rings. The van der Waals surface area contributed by atoms with Gasteiger partial charge in [-0.2, -0.15) is 0 Å². The molecule has 0 spiro atoms. The Morgan fingerprint density at radius 2 is 1.86 bits per heavy atom. The third-order valence-electron chi connectivity index (χ3n) is 4.10. The van der Waals surface area contributed by atoms with Crippen molar-refractivity contribution in [1.82, 2.24) is 4.98 Å². The smallest absolute Gasteiger partial charge is 0.340 e. The van der Waals surface area contributed by atoms with Gasteiger partial charge in [-0.3, -0.25) is 4.98 Å².